The van der Waals surface area contributed by atoms with Crippen LogP contribution in [0.1, 0.15) is 38.5 Å². The molecule has 0 aliphatic heterocycles. The van der Waals surface area contributed by atoms with Gasteiger partial charge in [-0.15, -0.1) is 10.2 Å². The molecule has 0 radical (unpaired) electrons. The summed E-state index contributed by atoms with van der Waals surface area (Å²) < 4.78 is 16.2. The molecule has 2 N–H and O–H groups in total. The molecular weight excluding hydrogens is 421 g/mol. The number of nitrogens with zero attached hydrogens (tertiary/aromatic N) is 6. The SMILES string of the molecule is CN[C@H]1C[C@@H](N(c2cnc(-c3ccc(-c4cnn(C)c4)cc3O)nn2)C2CC2)CCC[C@H]1F. The number of hydrogen-bond donors (Lipinski definition) is 2. The van der Waals surface area contributed by atoms with Crippen LogP contribution in [0.15, 0.2) is 36.8 Å². The van der Waals surface area contributed by atoms with Crippen molar-refractivity contribution >= 4 is 5.82 Å². The monoisotopic (exact) mass is 451 g/mol. The Balaban J connectivity index is 1.38. The van der Waals surface area contributed by atoms with E-state index in [1.807, 2.05) is 26.4 Å². The van der Waals surface area contributed by atoms with Gasteiger partial charge in [-0.2, -0.15) is 5.10 Å². The van der Waals surface area contributed by atoms with E-state index in [0.29, 0.717) is 23.9 Å². The number of aromatic hydroxyl groups is 1. The molecule has 0 unspecified atom stereocenters. The summed E-state index contributed by atoms with van der Waals surface area (Å²) in [6.07, 6.45) is 9.94. The summed E-state index contributed by atoms with van der Waals surface area (Å²) in [5.41, 5.74) is 2.32. The van der Waals surface area contributed by atoms with Crippen LogP contribution >= 0.6 is 0 Å². The van der Waals surface area contributed by atoms with Crippen molar-refractivity contribution in [2.45, 2.75) is 62.8 Å². The molecule has 0 amide bonds. The Kier molecular flexibility index (Phi) is 5.97. The van der Waals surface area contributed by atoms with Crippen molar-refractivity contribution in [2.24, 2.45) is 7.05 Å². The van der Waals surface area contributed by atoms with Crippen LogP contribution in [-0.2, 0) is 7.05 Å². The highest BCUT2D eigenvalue weighted by molar-refractivity contribution is 5.72. The predicted molar refractivity (Wildman–Crippen MR) is 125 cm³/mol. The number of alkyl halides is 1. The van der Waals surface area contributed by atoms with Gasteiger partial charge >= 0.3 is 0 Å². The second kappa shape index (κ2) is 9.05. The number of phenols is 1. The number of anilines is 1. The van der Waals surface area contributed by atoms with Gasteiger partial charge in [0, 0.05) is 36.9 Å². The highest BCUT2D eigenvalue weighted by Gasteiger charge is 2.38. The number of halogens is 1. The second-order valence-corrected chi connectivity index (χ2v) is 9.14. The molecule has 33 heavy (non-hydrogen) atoms. The van der Waals surface area contributed by atoms with Crippen molar-refractivity contribution in [3.8, 4) is 28.3 Å². The molecule has 9 heteroatoms. The number of aromatic nitrogens is 5. The molecule has 2 aliphatic carbocycles. The third-order valence-electron chi connectivity index (χ3n) is 6.78. The van der Waals surface area contributed by atoms with Gasteiger partial charge in [0.1, 0.15) is 11.9 Å². The summed E-state index contributed by atoms with van der Waals surface area (Å²) in [4.78, 5) is 6.84. The second-order valence-electron chi connectivity index (χ2n) is 9.14. The van der Waals surface area contributed by atoms with Crippen LogP contribution in [0, 0.1) is 0 Å². The number of aryl methyl sites for hydroxylation is 1. The highest BCUT2D eigenvalue weighted by atomic mass is 19.1. The maximum atomic E-state index is 14.4. The quantitative estimate of drug-likeness (QED) is 0.555. The minimum Gasteiger partial charge on any atom is -0.507 e. The lowest BCUT2D eigenvalue weighted by atomic mass is 10.0. The Labute approximate surface area is 192 Å². The van der Waals surface area contributed by atoms with E-state index in [9.17, 15) is 9.50 Å². The minimum absolute atomic E-state index is 0.0968. The maximum Gasteiger partial charge on any atom is 0.185 e. The lowest BCUT2D eigenvalue weighted by Gasteiger charge is -2.33. The molecule has 3 atom stereocenters. The smallest absolute Gasteiger partial charge is 0.185 e. The van der Waals surface area contributed by atoms with Crippen LogP contribution in [0.25, 0.3) is 22.5 Å². The third kappa shape index (κ3) is 4.55. The Hall–Kier alpha value is -3.07. The molecule has 5 rings (SSSR count). The molecule has 174 valence electrons. The largest absolute Gasteiger partial charge is 0.507 e. The first kappa shape index (κ1) is 21.8. The van der Waals surface area contributed by atoms with Crippen LogP contribution < -0.4 is 10.2 Å². The standard InChI is InChI=1S/C24H30FN7O/c1-26-21-11-18(4-3-5-20(21)25)32(17-7-8-17)23-13-27-24(30-29-23)19-9-6-15(10-22(19)33)16-12-28-31(2)14-16/h6,9-10,12-14,17-18,20-21,26,33H,3-5,7-8,11H2,1-2H3/t18-,20+,21-/m0/s1. The van der Waals surface area contributed by atoms with Gasteiger partial charge in [-0.25, -0.2) is 9.37 Å². The molecule has 0 spiro atoms. The van der Waals surface area contributed by atoms with Crippen molar-refractivity contribution in [2.75, 3.05) is 11.9 Å². The molecule has 0 saturated heterocycles. The summed E-state index contributed by atoms with van der Waals surface area (Å²) in [6, 6.07) is 5.89. The molecule has 2 aromatic heterocycles. The summed E-state index contributed by atoms with van der Waals surface area (Å²) in [6.45, 7) is 0. The van der Waals surface area contributed by atoms with Gasteiger partial charge in [0.15, 0.2) is 11.6 Å². The number of rotatable bonds is 6. The Morgan fingerprint density at radius 1 is 1.09 bits per heavy atom. The van der Waals surface area contributed by atoms with Crippen LogP contribution in [0.2, 0.25) is 0 Å². The van der Waals surface area contributed by atoms with Crippen molar-refractivity contribution in [1.29, 1.82) is 0 Å². The fourth-order valence-corrected chi connectivity index (χ4v) is 4.87. The van der Waals surface area contributed by atoms with Gasteiger partial charge in [-0.3, -0.25) is 4.68 Å². The zero-order chi connectivity index (χ0) is 22.9. The normalized spacial score (nSPS) is 23.3. The first-order valence-corrected chi connectivity index (χ1v) is 11.7. The van der Waals surface area contributed by atoms with E-state index in [2.05, 4.69) is 30.5 Å². The van der Waals surface area contributed by atoms with E-state index >= 15 is 0 Å². The van der Waals surface area contributed by atoms with Gasteiger partial charge in [0.25, 0.3) is 0 Å². The first-order chi connectivity index (χ1) is 16.0. The summed E-state index contributed by atoms with van der Waals surface area (Å²) in [7, 11) is 3.69. The zero-order valence-corrected chi connectivity index (χ0v) is 19.0. The topological polar surface area (TPSA) is 92.0 Å². The van der Waals surface area contributed by atoms with E-state index in [4.69, 9.17) is 0 Å². The van der Waals surface area contributed by atoms with Crippen LogP contribution in [0.3, 0.4) is 0 Å². The summed E-state index contributed by atoms with van der Waals surface area (Å²) in [5.74, 6) is 1.20. The fourth-order valence-electron chi connectivity index (χ4n) is 4.87. The number of phenolic OH excluding ortho intramolecular Hbond substituents is 1. The number of nitrogens with one attached hydrogen (secondary N) is 1. The predicted octanol–water partition coefficient (Wildman–Crippen LogP) is 3.48. The molecular formula is C24H30FN7O. The molecule has 1 aromatic carbocycles. The van der Waals surface area contributed by atoms with Gasteiger partial charge in [-0.05, 0) is 63.3 Å². The molecule has 8 nitrogen and oxygen atoms in total. The van der Waals surface area contributed by atoms with E-state index in [-0.39, 0.29) is 17.8 Å². The average molecular weight is 452 g/mol. The van der Waals surface area contributed by atoms with E-state index in [1.165, 1.54) is 0 Å². The Morgan fingerprint density at radius 2 is 1.94 bits per heavy atom. The summed E-state index contributed by atoms with van der Waals surface area (Å²) >= 11 is 0. The van der Waals surface area contributed by atoms with Crippen molar-refractivity contribution < 1.29 is 9.50 Å². The van der Waals surface area contributed by atoms with Crippen LogP contribution in [0.4, 0.5) is 10.2 Å². The van der Waals surface area contributed by atoms with Gasteiger partial charge in [0.2, 0.25) is 0 Å². The van der Waals surface area contributed by atoms with E-state index < -0.39 is 6.17 Å². The van der Waals surface area contributed by atoms with Crippen molar-refractivity contribution in [3.05, 3.63) is 36.8 Å². The lowest BCUT2D eigenvalue weighted by molar-refractivity contribution is 0.241. The minimum atomic E-state index is -0.815. The zero-order valence-electron chi connectivity index (χ0n) is 19.0. The van der Waals surface area contributed by atoms with Crippen molar-refractivity contribution in [3.63, 3.8) is 0 Å². The van der Waals surface area contributed by atoms with E-state index in [1.54, 1.807) is 29.2 Å². The highest BCUT2D eigenvalue weighted by Crippen LogP contribution is 2.37. The van der Waals surface area contributed by atoms with Crippen molar-refractivity contribution in [1.82, 2.24) is 30.3 Å². The average Bonchev–Trinajstić information content (AvgIpc) is 3.59. The molecule has 0 bridgehead atoms. The Bertz CT molecular complexity index is 1100. The Morgan fingerprint density at radius 3 is 2.58 bits per heavy atom. The van der Waals surface area contributed by atoms with Crippen LogP contribution in [-0.4, -0.2) is 61.4 Å². The van der Waals surface area contributed by atoms with Gasteiger partial charge in [-0.1, -0.05) is 6.07 Å². The fraction of sp³-hybridized carbons (Fsp3) is 0.500. The molecule has 2 fully saturated rings. The van der Waals surface area contributed by atoms with Gasteiger partial charge < -0.3 is 15.3 Å². The maximum absolute atomic E-state index is 14.4. The lowest BCUT2D eigenvalue weighted by Crippen LogP contribution is -2.44. The first-order valence-electron chi connectivity index (χ1n) is 11.7. The molecule has 2 heterocycles. The molecule has 3 aromatic rings. The molecule has 2 aliphatic rings. The number of hydrogen-bond acceptors (Lipinski definition) is 7. The third-order valence-corrected chi connectivity index (χ3v) is 6.78. The van der Waals surface area contributed by atoms with Gasteiger partial charge in [0.05, 0.1) is 18.0 Å². The molecule has 2 saturated carbocycles. The summed E-state index contributed by atoms with van der Waals surface area (Å²) in [5, 5.41) is 26.8. The van der Waals surface area contributed by atoms with Crippen LogP contribution in [0.5, 0.6) is 5.75 Å². The van der Waals surface area contributed by atoms with E-state index in [0.717, 1.165) is 49.0 Å². The number of benzene rings is 1.